The quantitative estimate of drug-likeness (QED) is 0.161. The van der Waals surface area contributed by atoms with Crippen molar-refractivity contribution in [3.05, 3.63) is 206 Å². The van der Waals surface area contributed by atoms with Gasteiger partial charge in [0.25, 0.3) is 0 Å². The zero-order valence-corrected chi connectivity index (χ0v) is 33.1. The molecule has 0 saturated carbocycles. The zero-order chi connectivity index (χ0) is 39.6. The third-order valence-electron chi connectivity index (χ3n) is 11.5. The van der Waals surface area contributed by atoms with Crippen molar-refractivity contribution in [1.82, 2.24) is 4.98 Å². The first-order valence-electron chi connectivity index (χ1n) is 20.1. The summed E-state index contributed by atoms with van der Waals surface area (Å²) in [4.78, 5) is 7.28. The molecule has 0 amide bonds. The van der Waals surface area contributed by atoms with Gasteiger partial charge in [0.1, 0.15) is 16.7 Å². The molecule has 12 aromatic rings. The molecule has 12 rings (SSSR count). The first-order chi connectivity index (χ1) is 29.7. The summed E-state index contributed by atoms with van der Waals surface area (Å²) in [6.07, 6.45) is 0. The number of hydrogen-bond acceptors (Lipinski definition) is 5. The lowest BCUT2D eigenvalue weighted by Crippen LogP contribution is -2.10. The van der Waals surface area contributed by atoms with Gasteiger partial charge in [-0.2, -0.15) is 0 Å². The molecule has 0 atom stereocenters. The van der Waals surface area contributed by atoms with Crippen LogP contribution >= 0.6 is 11.3 Å². The van der Waals surface area contributed by atoms with E-state index in [1.54, 1.807) is 0 Å². The molecule has 0 aliphatic rings. The van der Waals surface area contributed by atoms with Gasteiger partial charge in [-0.15, -0.1) is 11.3 Å². The number of furan rings is 1. The van der Waals surface area contributed by atoms with E-state index < -0.39 is 0 Å². The van der Waals surface area contributed by atoms with Crippen LogP contribution in [0.3, 0.4) is 0 Å². The number of rotatable bonds is 7. The Morgan fingerprint density at radius 2 is 0.983 bits per heavy atom. The van der Waals surface area contributed by atoms with E-state index in [2.05, 4.69) is 169 Å². The van der Waals surface area contributed by atoms with Gasteiger partial charge >= 0.3 is 0 Å². The van der Waals surface area contributed by atoms with Crippen LogP contribution in [0, 0.1) is 0 Å². The molecule has 0 radical (unpaired) electrons. The van der Waals surface area contributed by atoms with Crippen molar-refractivity contribution >= 4 is 81.6 Å². The predicted molar refractivity (Wildman–Crippen MR) is 251 cm³/mol. The second-order valence-corrected chi connectivity index (χ2v) is 16.2. The van der Waals surface area contributed by atoms with E-state index in [4.69, 9.17) is 13.8 Å². The van der Waals surface area contributed by atoms with E-state index in [0.717, 1.165) is 66.8 Å². The van der Waals surface area contributed by atoms with Crippen LogP contribution in [0.2, 0.25) is 0 Å². The Kier molecular flexibility index (Phi) is 8.00. The van der Waals surface area contributed by atoms with Gasteiger partial charge in [-0.25, -0.2) is 4.98 Å². The van der Waals surface area contributed by atoms with Gasteiger partial charge < -0.3 is 13.7 Å². The Bertz CT molecular complexity index is 3530. The topological polar surface area (TPSA) is 42.4 Å². The van der Waals surface area contributed by atoms with E-state index in [0.29, 0.717) is 5.89 Å². The van der Waals surface area contributed by atoms with Crippen molar-refractivity contribution < 1.29 is 8.83 Å². The van der Waals surface area contributed by atoms with Crippen molar-refractivity contribution in [2.75, 3.05) is 4.90 Å². The second kappa shape index (κ2) is 14.0. The van der Waals surface area contributed by atoms with Crippen LogP contribution in [-0.4, -0.2) is 4.98 Å². The maximum atomic E-state index is 6.46. The molecule has 0 fully saturated rings. The monoisotopic (exact) mass is 786 g/mol. The summed E-state index contributed by atoms with van der Waals surface area (Å²) < 4.78 is 15.3. The van der Waals surface area contributed by atoms with Crippen molar-refractivity contribution in [2.24, 2.45) is 0 Å². The van der Waals surface area contributed by atoms with Gasteiger partial charge in [0, 0.05) is 48.2 Å². The Morgan fingerprint density at radius 1 is 0.367 bits per heavy atom. The van der Waals surface area contributed by atoms with Gasteiger partial charge in [0.15, 0.2) is 5.58 Å². The minimum atomic E-state index is 0.602. The van der Waals surface area contributed by atoms with Crippen LogP contribution in [0.25, 0.3) is 98.0 Å². The molecule has 60 heavy (non-hydrogen) atoms. The van der Waals surface area contributed by atoms with Crippen LogP contribution < -0.4 is 4.90 Å². The molecule has 4 nitrogen and oxygen atoms in total. The Morgan fingerprint density at radius 3 is 1.77 bits per heavy atom. The maximum Gasteiger partial charge on any atom is 0.227 e. The maximum absolute atomic E-state index is 6.46. The number of oxazole rings is 1. The first-order valence-corrected chi connectivity index (χ1v) is 20.9. The SMILES string of the molecule is c1ccc(-c2ccc(N(c3ccc(-c4ccc5c(c4)oc4ccc6oc(-c7ccccc7)nc6c45)cc3)c3cccc(-c4cccc5sc6ccccc6c45)c3)cc2)cc1. The zero-order valence-electron chi connectivity index (χ0n) is 32.2. The van der Waals surface area contributed by atoms with E-state index in [9.17, 15) is 0 Å². The molecule has 0 unspecified atom stereocenters. The number of fused-ring (bicyclic) bond motifs is 8. The molecule has 3 aromatic heterocycles. The summed E-state index contributed by atoms with van der Waals surface area (Å²) >= 11 is 1.85. The van der Waals surface area contributed by atoms with Crippen molar-refractivity contribution in [3.8, 4) is 44.8 Å². The minimum absolute atomic E-state index is 0.602. The Balaban J connectivity index is 0.936. The van der Waals surface area contributed by atoms with E-state index in [1.807, 2.05) is 53.8 Å². The molecule has 282 valence electrons. The van der Waals surface area contributed by atoms with Gasteiger partial charge in [0.2, 0.25) is 5.89 Å². The van der Waals surface area contributed by atoms with Gasteiger partial charge in [0.05, 0.1) is 5.39 Å². The lowest BCUT2D eigenvalue weighted by molar-refractivity contribution is 0.619. The molecule has 0 aliphatic carbocycles. The number of aromatic nitrogens is 1. The largest absolute Gasteiger partial charge is 0.456 e. The van der Waals surface area contributed by atoms with Crippen LogP contribution in [0.15, 0.2) is 215 Å². The highest BCUT2D eigenvalue weighted by Gasteiger charge is 2.19. The van der Waals surface area contributed by atoms with Crippen molar-refractivity contribution in [3.63, 3.8) is 0 Å². The van der Waals surface area contributed by atoms with Crippen LogP contribution in [0.5, 0.6) is 0 Å². The first kappa shape index (κ1) is 34.3. The molecule has 0 saturated heterocycles. The smallest absolute Gasteiger partial charge is 0.227 e. The molecule has 0 spiro atoms. The van der Waals surface area contributed by atoms with E-state index >= 15 is 0 Å². The number of anilines is 3. The van der Waals surface area contributed by atoms with Crippen LogP contribution in [0.4, 0.5) is 17.1 Å². The predicted octanol–water partition coefficient (Wildman–Crippen LogP) is 16.2. The third kappa shape index (κ3) is 5.78. The number of nitrogens with zero attached hydrogens (tertiary/aromatic N) is 2. The summed E-state index contributed by atoms with van der Waals surface area (Å²) in [6, 6.07) is 73.0. The molecule has 9 aromatic carbocycles. The second-order valence-electron chi connectivity index (χ2n) is 15.1. The molecule has 3 heterocycles. The molecule has 0 N–H and O–H groups in total. The normalized spacial score (nSPS) is 11.7. The van der Waals surface area contributed by atoms with Gasteiger partial charge in [-0.3, -0.25) is 0 Å². The average molecular weight is 787 g/mol. The summed E-state index contributed by atoms with van der Waals surface area (Å²) in [6.45, 7) is 0. The highest BCUT2D eigenvalue weighted by Crippen LogP contribution is 2.43. The highest BCUT2D eigenvalue weighted by molar-refractivity contribution is 7.25. The van der Waals surface area contributed by atoms with Crippen molar-refractivity contribution in [2.45, 2.75) is 0 Å². The number of thiophene rings is 1. The molecular weight excluding hydrogens is 753 g/mol. The lowest BCUT2D eigenvalue weighted by atomic mass is 9.98. The number of benzene rings is 9. The number of hydrogen-bond donors (Lipinski definition) is 0. The molecule has 0 bridgehead atoms. The Hall–Kier alpha value is -7.73. The summed E-state index contributed by atoms with van der Waals surface area (Å²) in [5.41, 5.74) is 14.3. The third-order valence-corrected chi connectivity index (χ3v) is 12.7. The standard InChI is InChI=1S/C55H34N2O2S/c1-3-11-35(12-4-1)36-21-26-41(27-22-36)57(43-16-9-15-40(33-43)44-18-10-20-51-52(44)46-17-7-8-19-50(46)60-51)42-28-23-37(24-29-42)39-25-30-45-49(34-39)58-47-31-32-48-54(53(45)47)56-55(59-48)38-13-5-2-6-14-38/h1-34H. The molecule has 0 aliphatic heterocycles. The van der Waals surface area contributed by atoms with E-state index in [1.165, 1.54) is 42.4 Å². The molecular formula is C55H34N2O2S. The average Bonchev–Trinajstić information content (AvgIpc) is 4.04. The fraction of sp³-hybridized carbons (Fsp3) is 0. The summed E-state index contributed by atoms with van der Waals surface area (Å²) in [7, 11) is 0. The van der Waals surface area contributed by atoms with Crippen LogP contribution in [-0.2, 0) is 0 Å². The summed E-state index contributed by atoms with van der Waals surface area (Å²) in [5, 5.41) is 4.59. The van der Waals surface area contributed by atoms with Gasteiger partial charge in [-0.05, 0) is 118 Å². The van der Waals surface area contributed by atoms with Crippen molar-refractivity contribution in [1.29, 1.82) is 0 Å². The fourth-order valence-electron chi connectivity index (χ4n) is 8.65. The lowest BCUT2D eigenvalue weighted by Gasteiger charge is -2.26. The minimum Gasteiger partial charge on any atom is -0.456 e. The van der Waals surface area contributed by atoms with Gasteiger partial charge in [-0.1, -0.05) is 121 Å². The highest BCUT2D eigenvalue weighted by atomic mass is 32.1. The fourth-order valence-corrected chi connectivity index (χ4v) is 9.78. The summed E-state index contributed by atoms with van der Waals surface area (Å²) in [5.74, 6) is 0.602. The van der Waals surface area contributed by atoms with Crippen LogP contribution in [0.1, 0.15) is 0 Å². The molecule has 5 heteroatoms. The van der Waals surface area contributed by atoms with E-state index in [-0.39, 0.29) is 0 Å². The Labute approximate surface area is 349 Å².